The van der Waals surface area contributed by atoms with E-state index in [1.807, 2.05) is 60.7 Å². The second-order valence-electron chi connectivity index (χ2n) is 11.4. The number of carbonyl (C=O) groups excluding carboxylic acids is 4. The summed E-state index contributed by atoms with van der Waals surface area (Å²) in [5.41, 5.74) is 24.1. The van der Waals surface area contributed by atoms with Crippen molar-refractivity contribution in [3.63, 3.8) is 0 Å². The van der Waals surface area contributed by atoms with Gasteiger partial charge in [0.1, 0.15) is 18.1 Å². The van der Waals surface area contributed by atoms with Crippen LogP contribution in [-0.2, 0) is 32.0 Å². The Morgan fingerprint density at radius 2 is 1.11 bits per heavy atom. The average molecular weight is 652 g/mol. The number of nitrogens with one attached hydrogen (secondary N) is 4. The summed E-state index contributed by atoms with van der Waals surface area (Å²) in [5, 5.41) is 11.4. The van der Waals surface area contributed by atoms with Gasteiger partial charge in [-0.3, -0.25) is 24.2 Å². The molecule has 13 heteroatoms. The molecule has 0 aliphatic carbocycles. The molecule has 0 heterocycles. The Balaban J connectivity index is 2.14. The molecule has 3 atom stereocenters. The Kier molecular flexibility index (Phi) is 18.9. The predicted molar refractivity (Wildman–Crippen MR) is 185 cm³/mol. The van der Waals surface area contributed by atoms with Gasteiger partial charge in [-0.15, -0.1) is 0 Å². The highest BCUT2D eigenvalue weighted by atomic mass is 16.2. The molecule has 2 aromatic rings. The highest BCUT2D eigenvalue weighted by molar-refractivity contribution is 5.94. The summed E-state index contributed by atoms with van der Waals surface area (Å²) in [6, 6.07) is 16.3. The zero-order valence-electron chi connectivity index (χ0n) is 27.3. The monoisotopic (exact) mass is 651 g/mol. The maximum atomic E-state index is 13.7. The van der Waals surface area contributed by atoms with Crippen molar-refractivity contribution in [3.05, 3.63) is 71.8 Å². The van der Waals surface area contributed by atoms with Crippen molar-refractivity contribution in [2.45, 2.75) is 82.3 Å². The molecular weight excluding hydrogens is 598 g/mol. The summed E-state index contributed by atoms with van der Waals surface area (Å²) in [5.74, 6) is -1.69. The summed E-state index contributed by atoms with van der Waals surface area (Å²) in [6.45, 7) is 1.55. The van der Waals surface area contributed by atoms with E-state index in [1.54, 1.807) is 0 Å². The Hall–Kier alpha value is -4.49. The molecule has 2 aromatic carbocycles. The number of carbonyl (C=O) groups is 4. The zero-order chi connectivity index (χ0) is 34.3. The fourth-order valence-electron chi connectivity index (χ4n) is 4.96. The van der Waals surface area contributed by atoms with Crippen molar-refractivity contribution < 1.29 is 19.2 Å². The Morgan fingerprint density at radius 3 is 1.64 bits per heavy atom. The molecule has 0 spiro atoms. The van der Waals surface area contributed by atoms with Crippen molar-refractivity contribution in [2.75, 3.05) is 26.2 Å². The smallest absolute Gasteiger partial charge is 0.243 e. The summed E-state index contributed by atoms with van der Waals surface area (Å²) >= 11 is 0. The molecular formula is C34H53N9O4. The van der Waals surface area contributed by atoms with Gasteiger partial charge < -0.3 is 44.2 Å². The second-order valence-corrected chi connectivity index (χ2v) is 11.4. The number of guanidine groups is 1. The quantitative estimate of drug-likeness (QED) is 0.0473. The van der Waals surface area contributed by atoms with E-state index in [1.165, 1.54) is 0 Å². The maximum Gasteiger partial charge on any atom is 0.243 e. The van der Waals surface area contributed by atoms with Gasteiger partial charge in [-0.05, 0) is 82.0 Å². The molecule has 47 heavy (non-hydrogen) atoms. The van der Waals surface area contributed by atoms with Crippen LogP contribution in [0.2, 0.25) is 0 Å². The fraction of sp³-hybridized carbons (Fsp3) is 0.500. The molecule has 0 saturated heterocycles. The number of amides is 4. The third-order valence-corrected chi connectivity index (χ3v) is 7.52. The molecule has 0 aromatic heterocycles. The molecule has 13 nitrogen and oxygen atoms in total. The minimum absolute atomic E-state index is 0.0579. The van der Waals surface area contributed by atoms with Crippen LogP contribution in [0.4, 0.5) is 0 Å². The number of aliphatic imine (C=N–C) groups is 1. The Bertz CT molecular complexity index is 1240. The van der Waals surface area contributed by atoms with Gasteiger partial charge >= 0.3 is 0 Å². The minimum atomic E-state index is -0.950. The number of nitrogens with zero attached hydrogens (tertiary/aromatic N) is 1. The van der Waals surface area contributed by atoms with Crippen LogP contribution in [0.5, 0.6) is 0 Å². The van der Waals surface area contributed by atoms with Gasteiger partial charge in [-0.2, -0.15) is 0 Å². The Labute approximate surface area is 278 Å². The minimum Gasteiger partial charge on any atom is -0.370 e. The molecule has 0 aliphatic heterocycles. The lowest BCUT2D eigenvalue weighted by Crippen LogP contribution is -2.57. The molecule has 258 valence electrons. The van der Waals surface area contributed by atoms with E-state index in [4.69, 9.17) is 22.9 Å². The molecule has 0 saturated carbocycles. The summed E-state index contributed by atoms with van der Waals surface area (Å²) < 4.78 is 0. The molecule has 2 rings (SSSR count). The molecule has 0 bridgehead atoms. The normalized spacial score (nSPS) is 12.6. The van der Waals surface area contributed by atoms with Crippen molar-refractivity contribution in [1.82, 2.24) is 21.3 Å². The topological polar surface area (TPSA) is 233 Å². The van der Waals surface area contributed by atoms with Gasteiger partial charge in [0.15, 0.2) is 5.96 Å². The van der Waals surface area contributed by atoms with Crippen molar-refractivity contribution in [2.24, 2.45) is 27.9 Å². The van der Waals surface area contributed by atoms with Crippen LogP contribution < -0.4 is 44.2 Å². The first-order chi connectivity index (χ1) is 22.7. The predicted octanol–water partition coefficient (Wildman–Crippen LogP) is 0.354. The second kappa shape index (κ2) is 22.9. The third kappa shape index (κ3) is 16.6. The first-order valence-corrected chi connectivity index (χ1v) is 16.4. The summed E-state index contributed by atoms with van der Waals surface area (Å²) in [7, 11) is 0. The molecule has 0 fully saturated rings. The lowest BCUT2D eigenvalue weighted by Gasteiger charge is -2.25. The number of unbranched alkanes of at least 4 members (excludes halogenated alkanes) is 2. The van der Waals surface area contributed by atoms with Crippen LogP contribution in [0.15, 0.2) is 65.7 Å². The van der Waals surface area contributed by atoms with Gasteiger partial charge in [-0.25, -0.2) is 0 Å². The molecule has 4 amide bonds. The fourth-order valence-corrected chi connectivity index (χ4v) is 4.96. The maximum absolute atomic E-state index is 13.7. The zero-order valence-corrected chi connectivity index (χ0v) is 27.3. The van der Waals surface area contributed by atoms with E-state index in [0.717, 1.165) is 11.1 Å². The lowest BCUT2D eigenvalue weighted by atomic mass is 10.0. The SMILES string of the molecule is NCCCC[C@H](NC(=O)Cc1ccccc1)C(=O)N[C@@H](CCCCN)C(=O)N[C@@H](CCCN=C(N)N)C(=O)NCCc1ccccc1. The van der Waals surface area contributed by atoms with Gasteiger partial charge in [0.05, 0.1) is 6.42 Å². The van der Waals surface area contributed by atoms with Crippen molar-refractivity contribution in [1.29, 1.82) is 0 Å². The van der Waals surface area contributed by atoms with Crippen LogP contribution in [0.1, 0.15) is 62.5 Å². The van der Waals surface area contributed by atoms with Crippen LogP contribution in [0.25, 0.3) is 0 Å². The van der Waals surface area contributed by atoms with E-state index in [0.29, 0.717) is 71.0 Å². The number of hydrogen-bond acceptors (Lipinski definition) is 7. The molecule has 12 N–H and O–H groups in total. The third-order valence-electron chi connectivity index (χ3n) is 7.52. The highest BCUT2D eigenvalue weighted by Crippen LogP contribution is 2.08. The number of benzene rings is 2. The first kappa shape index (κ1) is 38.7. The Morgan fingerprint density at radius 1 is 0.617 bits per heavy atom. The molecule has 0 unspecified atom stereocenters. The highest BCUT2D eigenvalue weighted by Gasteiger charge is 2.29. The average Bonchev–Trinajstić information content (AvgIpc) is 3.06. The van der Waals surface area contributed by atoms with Crippen molar-refractivity contribution in [3.8, 4) is 0 Å². The van der Waals surface area contributed by atoms with Crippen LogP contribution in [0, 0.1) is 0 Å². The van der Waals surface area contributed by atoms with Crippen LogP contribution in [0.3, 0.4) is 0 Å². The largest absolute Gasteiger partial charge is 0.370 e. The summed E-state index contributed by atoms with van der Waals surface area (Å²) in [4.78, 5) is 57.3. The molecule has 0 aliphatic rings. The lowest BCUT2D eigenvalue weighted by molar-refractivity contribution is -0.134. The van der Waals surface area contributed by atoms with Crippen LogP contribution in [-0.4, -0.2) is 73.9 Å². The number of hydrogen-bond donors (Lipinski definition) is 8. The first-order valence-electron chi connectivity index (χ1n) is 16.4. The van der Waals surface area contributed by atoms with Gasteiger partial charge in [0.2, 0.25) is 23.6 Å². The summed E-state index contributed by atoms with van der Waals surface area (Å²) in [6.07, 6.45) is 4.64. The number of nitrogens with two attached hydrogens (primary N) is 4. The van der Waals surface area contributed by atoms with E-state index in [-0.39, 0.29) is 37.2 Å². The van der Waals surface area contributed by atoms with E-state index >= 15 is 0 Å². The van der Waals surface area contributed by atoms with Gasteiger partial charge in [-0.1, -0.05) is 60.7 Å². The molecule has 0 radical (unpaired) electrons. The van der Waals surface area contributed by atoms with E-state index in [2.05, 4.69) is 26.3 Å². The van der Waals surface area contributed by atoms with Crippen LogP contribution >= 0.6 is 0 Å². The van der Waals surface area contributed by atoms with E-state index < -0.39 is 29.9 Å². The van der Waals surface area contributed by atoms with Gasteiger partial charge in [0, 0.05) is 13.1 Å². The number of rotatable bonds is 23. The van der Waals surface area contributed by atoms with Gasteiger partial charge in [0.25, 0.3) is 0 Å². The van der Waals surface area contributed by atoms with Crippen molar-refractivity contribution >= 4 is 29.6 Å². The standard InChI is InChI=1S/C34H53N9O4/c35-20-9-7-16-28(41-30(44)24-26-14-5-2-6-15-26)32(46)43-29(17-8-10-21-36)33(47)42-27(18-11-22-40-34(37)38)31(45)39-23-19-25-12-3-1-4-13-25/h1-6,12-15,27-29H,7-11,16-24,35-36H2,(H,39,45)(H,41,44)(H,42,47)(H,43,46)(H4,37,38,40)/t27-,28-,29-/m0/s1. The van der Waals surface area contributed by atoms with E-state index in [9.17, 15) is 19.2 Å².